The van der Waals surface area contributed by atoms with E-state index < -0.39 is 47.8 Å². The van der Waals surface area contributed by atoms with Gasteiger partial charge in [-0.1, -0.05) is 0 Å². The molecule has 1 aliphatic heterocycles. The average molecular weight is 370 g/mol. The SMILES string of the molecule is CC(=O)OC[C@@H]1C[C@@H](OC(C)=O)[C@H](n2cc(C(N)=O)c(NO)nc2=O)O1. The number of hydrogen-bond acceptors (Lipinski definition) is 10. The second kappa shape index (κ2) is 7.93. The van der Waals surface area contributed by atoms with Crippen LogP contribution in [-0.2, 0) is 23.8 Å². The Labute approximate surface area is 146 Å². The number of rotatable bonds is 6. The summed E-state index contributed by atoms with van der Waals surface area (Å²) < 4.78 is 16.6. The molecule has 2 heterocycles. The first kappa shape index (κ1) is 19.3. The molecule has 1 amide bonds. The zero-order valence-corrected chi connectivity index (χ0v) is 14.0. The van der Waals surface area contributed by atoms with Gasteiger partial charge in [-0.25, -0.2) is 4.79 Å². The largest absolute Gasteiger partial charge is 0.463 e. The van der Waals surface area contributed by atoms with E-state index in [1.807, 2.05) is 0 Å². The Kier molecular flexibility index (Phi) is 5.90. The fourth-order valence-electron chi connectivity index (χ4n) is 2.51. The number of carbonyl (C=O) groups excluding carboxylic acids is 3. The Morgan fingerprint density at radius 2 is 2.12 bits per heavy atom. The molecule has 26 heavy (non-hydrogen) atoms. The molecular weight excluding hydrogens is 352 g/mol. The molecule has 1 fully saturated rings. The van der Waals surface area contributed by atoms with Gasteiger partial charge >= 0.3 is 17.6 Å². The van der Waals surface area contributed by atoms with Gasteiger partial charge in [0.15, 0.2) is 12.0 Å². The summed E-state index contributed by atoms with van der Waals surface area (Å²) in [5.74, 6) is -2.51. The maximum Gasteiger partial charge on any atom is 0.351 e. The number of ether oxygens (including phenoxy) is 3. The summed E-state index contributed by atoms with van der Waals surface area (Å²) in [6, 6.07) is 0. The Morgan fingerprint density at radius 1 is 1.42 bits per heavy atom. The van der Waals surface area contributed by atoms with Gasteiger partial charge in [-0.05, 0) is 0 Å². The first-order chi connectivity index (χ1) is 12.2. The summed E-state index contributed by atoms with van der Waals surface area (Å²) in [6.07, 6.45) is -1.47. The smallest absolute Gasteiger partial charge is 0.351 e. The quantitative estimate of drug-likeness (QED) is 0.413. The lowest BCUT2D eigenvalue weighted by molar-refractivity contribution is -0.153. The van der Waals surface area contributed by atoms with Gasteiger partial charge in [0, 0.05) is 26.5 Å². The third-order valence-corrected chi connectivity index (χ3v) is 3.53. The molecule has 2 rings (SSSR count). The van der Waals surface area contributed by atoms with Crippen molar-refractivity contribution in [2.75, 3.05) is 12.1 Å². The Hall–Kier alpha value is -2.99. The summed E-state index contributed by atoms with van der Waals surface area (Å²) >= 11 is 0. The highest BCUT2D eigenvalue weighted by atomic mass is 16.6. The molecule has 0 unspecified atom stereocenters. The predicted molar refractivity (Wildman–Crippen MR) is 83.1 cm³/mol. The first-order valence-corrected chi connectivity index (χ1v) is 7.52. The maximum atomic E-state index is 12.2. The molecule has 4 N–H and O–H groups in total. The molecule has 0 bridgehead atoms. The Bertz CT molecular complexity index is 777. The lowest BCUT2D eigenvalue weighted by Crippen LogP contribution is -2.35. The molecule has 0 spiro atoms. The molecule has 12 heteroatoms. The number of hydrogen-bond donors (Lipinski definition) is 3. The van der Waals surface area contributed by atoms with Crippen LogP contribution in [0.25, 0.3) is 0 Å². The number of esters is 2. The van der Waals surface area contributed by atoms with E-state index in [4.69, 9.17) is 25.2 Å². The highest BCUT2D eigenvalue weighted by Crippen LogP contribution is 2.31. The summed E-state index contributed by atoms with van der Waals surface area (Å²) in [5, 5.41) is 8.97. The average Bonchev–Trinajstić information content (AvgIpc) is 2.94. The number of amides is 1. The second-order valence-corrected chi connectivity index (χ2v) is 5.50. The fourth-order valence-corrected chi connectivity index (χ4v) is 2.51. The van der Waals surface area contributed by atoms with Crippen molar-refractivity contribution in [1.82, 2.24) is 9.55 Å². The minimum atomic E-state index is -1.12. The Morgan fingerprint density at radius 3 is 2.65 bits per heavy atom. The Balaban J connectivity index is 2.37. The molecule has 12 nitrogen and oxygen atoms in total. The number of nitrogens with two attached hydrogens (primary N) is 1. The molecule has 1 saturated heterocycles. The van der Waals surface area contributed by atoms with E-state index in [0.29, 0.717) is 0 Å². The topological polar surface area (TPSA) is 172 Å². The zero-order valence-electron chi connectivity index (χ0n) is 14.0. The van der Waals surface area contributed by atoms with Crippen molar-refractivity contribution in [2.24, 2.45) is 5.73 Å². The molecule has 0 radical (unpaired) electrons. The lowest BCUT2D eigenvalue weighted by atomic mass is 10.2. The van der Waals surface area contributed by atoms with Gasteiger partial charge in [0.2, 0.25) is 0 Å². The highest BCUT2D eigenvalue weighted by Gasteiger charge is 2.40. The van der Waals surface area contributed by atoms with E-state index in [9.17, 15) is 19.2 Å². The molecule has 0 aliphatic carbocycles. The fraction of sp³-hybridized carbons (Fsp3) is 0.500. The van der Waals surface area contributed by atoms with Crippen LogP contribution in [0.1, 0.15) is 36.9 Å². The van der Waals surface area contributed by atoms with Crippen molar-refractivity contribution in [3.63, 3.8) is 0 Å². The van der Waals surface area contributed by atoms with Crippen LogP contribution in [-0.4, -0.2) is 51.4 Å². The highest BCUT2D eigenvalue weighted by molar-refractivity contribution is 5.97. The third-order valence-electron chi connectivity index (χ3n) is 3.53. The molecule has 0 aromatic carbocycles. The summed E-state index contributed by atoms with van der Waals surface area (Å²) in [5.41, 5.74) is 5.65. The van der Waals surface area contributed by atoms with Gasteiger partial charge in [-0.2, -0.15) is 4.98 Å². The van der Waals surface area contributed by atoms with E-state index in [2.05, 4.69) is 4.98 Å². The zero-order chi connectivity index (χ0) is 19.4. The molecule has 3 atom stereocenters. The van der Waals surface area contributed by atoms with Crippen LogP contribution in [0.15, 0.2) is 11.0 Å². The number of nitrogens with zero attached hydrogens (tertiary/aromatic N) is 2. The van der Waals surface area contributed by atoms with Crippen molar-refractivity contribution < 1.29 is 33.8 Å². The summed E-state index contributed by atoms with van der Waals surface area (Å²) in [4.78, 5) is 49.5. The van der Waals surface area contributed by atoms with E-state index in [1.165, 1.54) is 13.8 Å². The summed E-state index contributed by atoms with van der Waals surface area (Å²) in [6.45, 7) is 2.31. The minimum Gasteiger partial charge on any atom is -0.463 e. The van der Waals surface area contributed by atoms with Crippen molar-refractivity contribution in [3.05, 3.63) is 22.2 Å². The van der Waals surface area contributed by atoms with Gasteiger partial charge in [0.1, 0.15) is 18.3 Å². The summed E-state index contributed by atoms with van der Waals surface area (Å²) in [7, 11) is 0. The lowest BCUT2D eigenvalue weighted by Gasteiger charge is -2.21. The van der Waals surface area contributed by atoms with Crippen molar-refractivity contribution in [1.29, 1.82) is 0 Å². The number of nitrogens with one attached hydrogen (secondary N) is 1. The van der Waals surface area contributed by atoms with Crippen LogP contribution in [0.3, 0.4) is 0 Å². The number of primary amides is 1. The maximum absolute atomic E-state index is 12.2. The normalized spacial score (nSPS) is 21.9. The van der Waals surface area contributed by atoms with Crippen LogP contribution >= 0.6 is 0 Å². The van der Waals surface area contributed by atoms with Crippen molar-refractivity contribution in [2.45, 2.75) is 38.7 Å². The minimum absolute atomic E-state index is 0.106. The third kappa shape index (κ3) is 4.34. The molecule has 0 saturated carbocycles. The van der Waals surface area contributed by atoms with Gasteiger partial charge in [-0.15, -0.1) is 0 Å². The molecule has 1 aromatic rings. The number of carbonyl (C=O) groups is 3. The van der Waals surface area contributed by atoms with E-state index in [1.54, 1.807) is 5.48 Å². The number of anilines is 1. The molecule has 1 aromatic heterocycles. The van der Waals surface area contributed by atoms with Crippen LogP contribution in [0.5, 0.6) is 0 Å². The predicted octanol–water partition coefficient (Wildman–Crippen LogP) is -1.07. The van der Waals surface area contributed by atoms with Crippen LogP contribution in [0.2, 0.25) is 0 Å². The van der Waals surface area contributed by atoms with Gasteiger partial charge in [0.05, 0.1) is 6.10 Å². The van der Waals surface area contributed by atoms with E-state index >= 15 is 0 Å². The monoisotopic (exact) mass is 370 g/mol. The van der Waals surface area contributed by atoms with E-state index in [-0.39, 0.29) is 18.6 Å². The molecule has 142 valence electrons. The van der Waals surface area contributed by atoms with Crippen molar-refractivity contribution >= 4 is 23.7 Å². The molecular formula is C14H18N4O8. The standard InChI is InChI=1S/C14H18N4O8/c1-6(19)24-5-8-3-10(25-7(2)20)13(26-8)18-4-9(11(15)21)12(17-23)16-14(18)22/h4,8,10,13,23H,3,5H2,1-2H3,(H2,15,21)(H,16,17,22)/t8-,10+,13+/m0/s1. The molecule has 1 aliphatic rings. The van der Waals surface area contributed by atoms with Crippen molar-refractivity contribution in [3.8, 4) is 0 Å². The van der Waals surface area contributed by atoms with Gasteiger partial charge < -0.3 is 19.9 Å². The first-order valence-electron chi connectivity index (χ1n) is 7.52. The van der Waals surface area contributed by atoms with E-state index in [0.717, 1.165) is 10.8 Å². The number of aromatic nitrogens is 2. The van der Waals surface area contributed by atoms with Crippen LogP contribution in [0, 0.1) is 0 Å². The van der Waals surface area contributed by atoms with Crippen LogP contribution < -0.4 is 16.9 Å². The van der Waals surface area contributed by atoms with Gasteiger partial charge in [0.25, 0.3) is 5.91 Å². The van der Waals surface area contributed by atoms with Gasteiger partial charge in [-0.3, -0.25) is 29.6 Å². The second-order valence-electron chi connectivity index (χ2n) is 5.50. The van der Waals surface area contributed by atoms with Crippen LogP contribution in [0.4, 0.5) is 5.82 Å².